The van der Waals surface area contributed by atoms with E-state index in [1.807, 2.05) is 42.7 Å². The van der Waals surface area contributed by atoms with Crippen LogP contribution in [0.15, 0.2) is 219 Å². The summed E-state index contributed by atoms with van der Waals surface area (Å²) in [7, 11) is 0. The molecule has 6 heteroatoms. The van der Waals surface area contributed by atoms with Gasteiger partial charge in [-0.3, -0.25) is 4.98 Å². The van der Waals surface area contributed by atoms with E-state index in [9.17, 15) is 0 Å². The number of hydrogen-bond acceptors (Lipinski definition) is 4. The Hall–Kier alpha value is -8.48. The van der Waals surface area contributed by atoms with Gasteiger partial charge in [0.1, 0.15) is 0 Å². The van der Waals surface area contributed by atoms with Gasteiger partial charge in [-0.05, 0) is 59.2 Å². The van der Waals surface area contributed by atoms with Gasteiger partial charge in [0.25, 0.3) is 0 Å². The fourth-order valence-corrected chi connectivity index (χ4v) is 9.00. The number of fused-ring (bicyclic) bond motifs is 6. The molecule has 0 aliphatic rings. The Morgan fingerprint density at radius 1 is 0.290 bits per heavy atom. The van der Waals surface area contributed by atoms with Gasteiger partial charge in [0.15, 0.2) is 17.5 Å². The molecule has 0 amide bonds. The molecule has 0 saturated carbocycles. The molecule has 0 aliphatic heterocycles. The number of hydrogen-bond donors (Lipinski definition) is 0. The zero-order valence-electron chi connectivity index (χ0n) is 33.5. The van der Waals surface area contributed by atoms with E-state index in [0.717, 1.165) is 66.8 Å². The highest BCUT2D eigenvalue weighted by Gasteiger charge is 2.20. The quantitative estimate of drug-likeness (QED) is 0.161. The minimum absolute atomic E-state index is 0.544. The van der Waals surface area contributed by atoms with Crippen LogP contribution in [-0.4, -0.2) is 29.1 Å². The van der Waals surface area contributed by atoms with Gasteiger partial charge in [-0.1, -0.05) is 164 Å². The maximum atomic E-state index is 5.27. The molecule has 4 aromatic heterocycles. The van der Waals surface area contributed by atoms with Crippen molar-refractivity contribution in [3.8, 4) is 67.8 Å². The van der Waals surface area contributed by atoms with Gasteiger partial charge < -0.3 is 9.13 Å². The van der Waals surface area contributed by atoms with Crippen molar-refractivity contribution in [3.63, 3.8) is 0 Å². The van der Waals surface area contributed by atoms with E-state index >= 15 is 0 Å². The molecule has 0 atom stereocenters. The molecule has 8 aromatic carbocycles. The van der Waals surface area contributed by atoms with E-state index in [2.05, 4.69) is 185 Å². The van der Waals surface area contributed by atoms with E-state index in [-0.39, 0.29) is 0 Å². The van der Waals surface area contributed by atoms with E-state index in [1.165, 1.54) is 27.1 Å². The van der Waals surface area contributed by atoms with Crippen LogP contribution in [-0.2, 0) is 0 Å². The Bertz CT molecular complexity index is 3540. The van der Waals surface area contributed by atoms with Gasteiger partial charge in [0, 0.05) is 50.0 Å². The van der Waals surface area contributed by atoms with Crippen LogP contribution in [0.5, 0.6) is 0 Å². The Morgan fingerprint density at radius 2 is 0.758 bits per heavy atom. The number of pyridine rings is 1. The highest BCUT2D eigenvalue weighted by atomic mass is 15.0. The van der Waals surface area contributed by atoms with Crippen LogP contribution >= 0.6 is 0 Å². The summed E-state index contributed by atoms with van der Waals surface area (Å²) in [5, 5.41) is 4.78. The SMILES string of the molecule is c1ccc(-c2cccc(-c3ccc(-c4nc(-c5ccccc5)nc(-c5cncc(-n6c7ccccc7c7ccccc76)c5)n4)cc3-n3c4ccccc4c4ccccc43)c2)cc1. The zero-order valence-corrected chi connectivity index (χ0v) is 33.5. The minimum Gasteiger partial charge on any atom is -0.309 e. The second-order valence-electron chi connectivity index (χ2n) is 15.5. The summed E-state index contributed by atoms with van der Waals surface area (Å²) >= 11 is 0. The average Bonchev–Trinajstić information content (AvgIpc) is 3.87. The largest absolute Gasteiger partial charge is 0.309 e. The maximum absolute atomic E-state index is 5.27. The van der Waals surface area contributed by atoms with Crippen molar-refractivity contribution in [1.29, 1.82) is 0 Å². The van der Waals surface area contributed by atoms with Gasteiger partial charge in [0.2, 0.25) is 0 Å². The van der Waals surface area contributed by atoms with Crippen molar-refractivity contribution in [2.45, 2.75) is 0 Å². The highest BCUT2D eigenvalue weighted by Crippen LogP contribution is 2.40. The average molecular weight is 793 g/mol. The second kappa shape index (κ2) is 14.7. The van der Waals surface area contributed by atoms with Crippen molar-refractivity contribution in [1.82, 2.24) is 29.1 Å². The molecule has 12 aromatic rings. The Morgan fingerprint density at radius 3 is 1.35 bits per heavy atom. The third-order valence-electron chi connectivity index (χ3n) is 11.8. The molecule has 6 nitrogen and oxygen atoms in total. The maximum Gasteiger partial charge on any atom is 0.165 e. The fourth-order valence-electron chi connectivity index (χ4n) is 9.00. The lowest BCUT2D eigenvalue weighted by Gasteiger charge is -2.17. The molecule has 62 heavy (non-hydrogen) atoms. The van der Waals surface area contributed by atoms with Crippen molar-refractivity contribution in [3.05, 3.63) is 219 Å². The lowest BCUT2D eigenvalue weighted by molar-refractivity contribution is 1.06. The predicted molar refractivity (Wildman–Crippen MR) is 253 cm³/mol. The summed E-state index contributed by atoms with van der Waals surface area (Å²) in [4.78, 5) is 20.4. The Balaban J connectivity index is 1.08. The lowest BCUT2D eigenvalue weighted by Crippen LogP contribution is -2.03. The van der Waals surface area contributed by atoms with Crippen LogP contribution in [0, 0.1) is 0 Å². The van der Waals surface area contributed by atoms with Crippen molar-refractivity contribution in [2.75, 3.05) is 0 Å². The van der Waals surface area contributed by atoms with E-state index < -0.39 is 0 Å². The van der Waals surface area contributed by atoms with Crippen LogP contribution < -0.4 is 0 Å². The number of benzene rings is 8. The molecule has 0 saturated heterocycles. The third-order valence-corrected chi connectivity index (χ3v) is 11.8. The Kier molecular flexibility index (Phi) is 8.38. The molecule has 0 unspecified atom stereocenters. The normalized spacial score (nSPS) is 11.5. The fraction of sp³-hybridized carbons (Fsp3) is 0. The summed E-state index contributed by atoms with van der Waals surface area (Å²) in [6, 6.07) is 72.5. The van der Waals surface area contributed by atoms with Gasteiger partial charge in [-0.2, -0.15) is 0 Å². The Labute approximate surface area is 357 Å². The molecule has 0 fully saturated rings. The number of aromatic nitrogens is 6. The number of para-hydroxylation sites is 4. The standard InChI is InChI=1S/C56H36N6/c1-3-16-37(17-4-1)39-20-15-21-40(32-39)44-31-30-41(34-53(44)62-51-28-13-9-24-47(51)48-25-10-14-29-52(48)62)55-58-54(38-18-5-2-6-19-38)59-56(60-55)42-33-43(36-57-35-42)61-49-26-11-7-22-45(49)46-23-8-12-27-50(46)61/h1-36H. The van der Waals surface area contributed by atoms with E-state index in [4.69, 9.17) is 19.9 Å². The van der Waals surface area contributed by atoms with E-state index in [0.29, 0.717) is 17.5 Å². The summed E-state index contributed by atoms with van der Waals surface area (Å²) in [5.41, 5.74) is 13.5. The van der Waals surface area contributed by atoms with Crippen LogP contribution in [0.1, 0.15) is 0 Å². The molecule has 4 heterocycles. The predicted octanol–water partition coefficient (Wildman–Crippen LogP) is 13.8. The lowest BCUT2D eigenvalue weighted by atomic mass is 9.96. The van der Waals surface area contributed by atoms with Crippen molar-refractivity contribution >= 4 is 43.6 Å². The smallest absolute Gasteiger partial charge is 0.165 e. The molecular weight excluding hydrogens is 757 g/mol. The first-order chi connectivity index (χ1) is 30.7. The van der Waals surface area contributed by atoms with Crippen LogP contribution in [0.3, 0.4) is 0 Å². The third kappa shape index (κ3) is 5.96. The van der Waals surface area contributed by atoms with Crippen molar-refractivity contribution < 1.29 is 0 Å². The minimum atomic E-state index is 0.544. The highest BCUT2D eigenvalue weighted by molar-refractivity contribution is 6.10. The first kappa shape index (κ1) is 35.5. The van der Waals surface area contributed by atoms with Crippen LogP contribution in [0.25, 0.3) is 111 Å². The molecule has 0 aliphatic carbocycles. The molecule has 0 radical (unpaired) electrons. The van der Waals surface area contributed by atoms with Gasteiger partial charge in [-0.25, -0.2) is 15.0 Å². The zero-order chi connectivity index (χ0) is 41.0. The van der Waals surface area contributed by atoms with Gasteiger partial charge in [-0.15, -0.1) is 0 Å². The number of nitrogens with zero attached hydrogens (tertiary/aromatic N) is 6. The summed E-state index contributed by atoms with van der Waals surface area (Å²) in [5.74, 6) is 1.70. The van der Waals surface area contributed by atoms with Gasteiger partial charge >= 0.3 is 0 Å². The summed E-state index contributed by atoms with van der Waals surface area (Å²) in [6.07, 6.45) is 3.75. The van der Waals surface area contributed by atoms with Crippen LogP contribution in [0.4, 0.5) is 0 Å². The first-order valence-electron chi connectivity index (χ1n) is 20.8. The summed E-state index contributed by atoms with van der Waals surface area (Å²) in [6.45, 7) is 0. The van der Waals surface area contributed by atoms with Gasteiger partial charge in [0.05, 0.1) is 39.6 Å². The molecule has 0 spiro atoms. The van der Waals surface area contributed by atoms with Crippen molar-refractivity contribution in [2.24, 2.45) is 0 Å². The first-order valence-corrected chi connectivity index (χ1v) is 20.8. The molecule has 12 rings (SSSR count). The molecule has 0 N–H and O–H groups in total. The number of rotatable bonds is 7. The monoisotopic (exact) mass is 792 g/mol. The second-order valence-corrected chi connectivity index (χ2v) is 15.5. The summed E-state index contributed by atoms with van der Waals surface area (Å²) < 4.78 is 4.66. The van der Waals surface area contributed by atoms with E-state index in [1.54, 1.807) is 0 Å². The molecular formula is C56H36N6. The van der Waals surface area contributed by atoms with Crippen LogP contribution in [0.2, 0.25) is 0 Å². The topological polar surface area (TPSA) is 61.4 Å². The molecule has 290 valence electrons. The molecule has 0 bridgehead atoms.